The fraction of sp³-hybridized carbons (Fsp3) is 0.636. The highest BCUT2D eigenvalue weighted by Crippen LogP contribution is 2.16. The molecule has 8 heteroatoms. The van der Waals surface area contributed by atoms with Crippen molar-refractivity contribution in [3.8, 4) is 5.75 Å². The van der Waals surface area contributed by atoms with Gasteiger partial charge in [-0.15, -0.1) is 0 Å². The van der Waals surface area contributed by atoms with Crippen LogP contribution in [-0.2, 0) is 20.8 Å². The van der Waals surface area contributed by atoms with E-state index in [0.29, 0.717) is 18.4 Å². The Morgan fingerprint density at radius 1 is 1.27 bits per heavy atom. The van der Waals surface area contributed by atoms with Gasteiger partial charge < -0.3 is 29.3 Å². The third kappa shape index (κ3) is 8.20. The van der Waals surface area contributed by atoms with Gasteiger partial charge in [0.25, 0.3) is 5.91 Å². The van der Waals surface area contributed by atoms with Gasteiger partial charge in [0.2, 0.25) is 0 Å². The van der Waals surface area contributed by atoms with Crippen molar-refractivity contribution >= 4 is 11.9 Å². The molecule has 30 heavy (non-hydrogen) atoms. The zero-order chi connectivity index (χ0) is 21.8. The maximum atomic E-state index is 11.7. The van der Waals surface area contributed by atoms with Crippen LogP contribution >= 0.6 is 0 Å². The lowest BCUT2D eigenvalue weighted by Crippen LogP contribution is -2.46. The molecule has 8 nitrogen and oxygen atoms in total. The summed E-state index contributed by atoms with van der Waals surface area (Å²) in [5.41, 5.74) is 1.07. The highest BCUT2D eigenvalue weighted by Gasteiger charge is 2.21. The molecule has 0 unspecified atom stereocenters. The molecule has 1 aliphatic heterocycles. The van der Waals surface area contributed by atoms with Gasteiger partial charge in [0.15, 0.2) is 12.6 Å². The summed E-state index contributed by atoms with van der Waals surface area (Å²) in [4.78, 5) is 19.9. The van der Waals surface area contributed by atoms with Gasteiger partial charge in [-0.05, 0) is 37.0 Å². The number of amides is 1. The minimum Gasteiger partial charge on any atom is -0.484 e. The molecule has 1 aliphatic rings. The van der Waals surface area contributed by atoms with E-state index in [-0.39, 0.29) is 12.5 Å². The molecule has 1 heterocycles. The van der Waals surface area contributed by atoms with Crippen molar-refractivity contribution in [2.24, 2.45) is 4.99 Å². The maximum absolute atomic E-state index is 11.7. The standard InChI is InChI=1S/C22H36N4O4/c1-23-22(26-11-9-19(10-12-26)29-14-6-13-28-4)24-16-18-7-5-8-20(15-18)30-17-21(27)25(2)3/h5,7-8,15,19H,6,9-14,16-17H2,1-4H3,(H,23,24). The predicted octanol–water partition coefficient (Wildman–Crippen LogP) is 1.75. The van der Waals surface area contributed by atoms with E-state index < -0.39 is 0 Å². The van der Waals surface area contributed by atoms with Crippen LogP contribution in [0.25, 0.3) is 0 Å². The van der Waals surface area contributed by atoms with Crippen LogP contribution in [0.5, 0.6) is 5.75 Å². The van der Waals surface area contributed by atoms with Crippen LogP contribution in [0.2, 0.25) is 0 Å². The van der Waals surface area contributed by atoms with E-state index in [4.69, 9.17) is 14.2 Å². The lowest BCUT2D eigenvalue weighted by atomic mass is 10.1. The molecule has 168 valence electrons. The number of nitrogens with zero attached hydrogens (tertiary/aromatic N) is 3. The van der Waals surface area contributed by atoms with Gasteiger partial charge in [-0.1, -0.05) is 12.1 Å². The number of rotatable bonds is 10. The van der Waals surface area contributed by atoms with Crippen molar-refractivity contribution in [2.45, 2.75) is 31.9 Å². The number of guanidine groups is 1. The molecular formula is C22H36N4O4. The number of aliphatic imine (C=N–C) groups is 1. The second kappa shape index (κ2) is 13.1. The number of nitrogens with one attached hydrogen (secondary N) is 1. The summed E-state index contributed by atoms with van der Waals surface area (Å²) < 4.78 is 16.6. The van der Waals surface area contributed by atoms with Crippen molar-refractivity contribution in [3.05, 3.63) is 29.8 Å². The normalized spacial score (nSPS) is 15.2. The van der Waals surface area contributed by atoms with Crippen LogP contribution < -0.4 is 10.1 Å². The quantitative estimate of drug-likeness (QED) is 0.353. The van der Waals surface area contributed by atoms with E-state index in [1.165, 1.54) is 4.90 Å². The molecule has 0 radical (unpaired) electrons. The molecule has 0 atom stereocenters. The monoisotopic (exact) mass is 420 g/mol. The van der Waals surface area contributed by atoms with Crippen LogP contribution in [0.4, 0.5) is 0 Å². The topological polar surface area (TPSA) is 75.6 Å². The molecule has 0 bridgehead atoms. The molecule has 0 aromatic heterocycles. The van der Waals surface area contributed by atoms with E-state index in [2.05, 4.69) is 15.2 Å². The van der Waals surface area contributed by atoms with Gasteiger partial charge in [-0.25, -0.2) is 0 Å². The number of methoxy groups -OCH3 is 1. The number of carbonyl (C=O) groups is 1. The molecule has 1 N–H and O–H groups in total. The number of ether oxygens (including phenoxy) is 3. The van der Waals surface area contributed by atoms with E-state index in [1.807, 2.05) is 31.3 Å². The summed E-state index contributed by atoms with van der Waals surface area (Å²) >= 11 is 0. The maximum Gasteiger partial charge on any atom is 0.259 e. The first kappa shape index (κ1) is 24.0. The van der Waals surface area contributed by atoms with Crippen molar-refractivity contribution in [3.63, 3.8) is 0 Å². The Morgan fingerprint density at radius 3 is 2.70 bits per heavy atom. The van der Waals surface area contributed by atoms with Crippen LogP contribution in [0.3, 0.4) is 0 Å². The Labute approximate surface area is 180 Å². The van der Waals surface area contributed by atoms with Gasteiger partial charge in [0, 0.05) is 61.1 Å². The Kier molecular flexibility index (Phi) is 10.4. The van der Waals surface area contributed by atoms with Crippen LogP contribution in [0.1, 0.15) is 24.8 Å². The molecule has 1 aromatic carbocycles. The zero-order valence-corrected chi connectivity index (χ0v) is 18.7. The van der Waals surface area contributed by atoms with Crippen LogP contribution in [-0.4, -0.2) is 88.9 Å². The van der Waals surface area contributed by atoms with Crippen LogP contribution in [0, 0.1) is 0 Å². The fourth-order valence-electron chi connectivity index (χ4n) is 3.22. The molecule has 1 fully saturated rings. The first-order chi connectivity index (χ1) is 14.5. The second-order valence-corrected chi connectivity index (χ2v) is 7.53. The number of piperidine rings is 1. The van der Waals surface area contributed by atoms with Crippen molar-refractivity contribution in [2.75, 3.05) is 61.2 Å². The van der Waals surface area contributed by atoms with Gasteiger partial charge in [0.1, 0.15) is 5.75 Å². The predicted molar refractivity (Wildman–Crippen MR) is 118 cm³/mol. The summed E-state index contributed by atoms with van der Waals surface area (Å²) in [6.45, 7) is 4.01. The molecule has 1 saturated heterocycles. The number of carbonyl (C=O) groups excluding carboxylic acids is 1. The number of likely N-dealkylation sites (N-methyl/N-ethyl adjacent to an activating group) is 1. The minimum absolute atomic E-state index is 0.0357. The first-order valence-corrected chi connectivity index (χ1v) is 10.5. The highest BCUT2D eigenvalue weighted by molar-refractivity contribution is 5.80. The van der Waals surface area contributed by atoms with Crippen molar-refractivity contribution < 1.29 is 19.0 Å². The average Bonchev–Trinajstić information content (AvgIpc) is 2.76. The number of hydrogen-bond donors (Lipinski definition) is 1. The summed E-state index contributed by atoms with van der Waals surface area (Å²) in [7, 11) is 6.95. The molecule has 1 amide bonds. The summed E-state index contributed by atoms with van der Waals surface area (Å²) in [5.74, 6) is 1.51. The molecule has 0 aliphatic carbocycles. The van der Waals surface area contributed by atoms with Gasteiger partial charge >= 0.3 is 0 Å². The summed E-state index contributed by atoms with van der Waals surface area (Å²) in [6, 6.07) is 7.77. The molecule has 2 rings (SSSR count). The Balaban J connectivity index is 1.77. The van der Waals surface area contributed by atoms with Crippen molar-refractivity contribution in [1.29, 1.82) is 0 Å². The smallest absolute Gasteiger partial charge is 0.259 e. The SMILES string of the molecule is CN=C(NCc1cccc(OCC(=O)N(C)C)c1)N1CCC(OCCCOC)CC1. The molecular weight excluding hydrogens is 384 g/mol. The third-order valence-electron chi connectivity index (χ3n) is 5.01. The number of likely N-dealkylation sites (tertiary alicyclic amines) is 1. The van der Waals surface area contributed by atoms with Crippen LogP contribution in [0.15, 0.2) is 29.3 Å². The molecule has 0 saturated carbocycles. The first-order valence-electron chi connectivity index (χ1n) is 10.5. The Morgan fingerprint density at radius 2 is 2.03 bits per heavy atom. The third-order valence-corrected chi connectivity index (χ3v) is 5.01. The minimum atomic E-state index is -0.0648. The average molecular weight is 421 g/mol. The second-order valence-electron chi connectivity index (χ2n) is 7.53. The number of benzene rings is 1. The van der Waals surface area contributed by atoms with Gasteiger partial charge in [-0.2, -0.15) is 0 Å². The highest BCUT2D eigenvalue weighted by atomic mass is 16.5. The largest absolute Gasteiger partial charge is 0.484 e. The zero-order valence-electron chi connectivity index (χ0n) is 18.7. The summed E-state index contributed by atoms with van der Waals surface area (Å²) in [5, 5.41) is 3.43. The van der Waals surface area contributed by atoms with Gasteiger partial charge in [-0.3, -0.25) is 9.79 Å². The lowest BCUT2D eigenvalue weighted by molar-refractivity contribution is -0.130. The van der Waals surface area contributed by atoms with E-state index in [9.17, 15) is 4.79 Å². The van der Waals surface area contributed by atoms with Crippen molar-refractivity contribution in [1.82, 2.24) is 15.1 Å². The molecule has 1 aromatic rings. The van der Waals surface area contributed by atoms with Gasteiger partial charge in [0.05, 0.1) is 6.10 Å². The lowest BCUT2D eigenvalue weighted by Gasteiger charge is -2.34. The molecule has 0 spiro atoms. The fourth-order valence-corrected chi connectivity index (χ4v) is 3.22. The number of hydrogen-bond acceptors (Lipinski definition) is 5. The Bertz CT molecular complexity index is 673. The Hall–Kier alpha value is -2.32. The van der Waals surface area contributed by atoms with E-state index >= 15 is 0 Å². The van der Waals surface area contributed by atoms with E-state index in [0.717, 1.165) is 57.1 Å². The van der Waals surface area contributed by atoms with E-state index in [1.54, 1.807) is 21.2 Å². The summed E-state index contributed by atoms with van der Waals surface area (Å²) in [6.07, 6.45) is 3.25.